The smallest absolute Gasteiger partial charge is 0.408 e. The van der Waals surface area contributed by atoms with Crippen molar-refractivity contribution in [2.24, 2.45) is 11.8 Å². The molecule has 2 saturated carbocycles. The number of fused-ring (bicyclic) bond motifs is 1. The number of carbonyl (C=O) groups is 2. The first-order valence-corrected chi connectivity index (χ1v) is 8.59. The predicted molar refractivity (Wildman–Crippen MR) is 92.5 cm³/mol. The predicted octanol–water partition coefficient (Wildman–Crippen LogP) is 1.14. The Labute approximate surface area is 150 Å². The van der Waals surface area contributed by atoms with Crippen LogP contribution in [0.2, 0.25) is 0 Å². The summed E-state index contributed by atoms with van der Waals surface area (Å²) in [5.74, 6) is -0.829. The number of anilines is 1. The number of aliphatic carboxylic acids is 1. The van der Waals surface area contributed by atoms with E-state index < -0.39 is 28.9 Å². The number of hydrogen-bond donors (Lipinski definition) is 3. The van der Waals surface area contributed by atoms with Crippen LogP contribution in [-0.4, -0.2) is 37.9 Å². The first-order chi connectivity index (χ1) is 12.0. The standard InChI is InChI=1S/C17H24N4O5/c1-16(2,3)26-15(25)20-17-8-9(7-12(22)23)6-10(17)13(17)21-5-4-11(18)19-14(21)24/h4-5,9-10,13H,6-8H2,1-3H3,(H,20,25)(H,22,23)(H2,18,19,24). The number of carboxylic acids is 1. The van der Waals surface area contributed by atoms with E-state index in [4.69, 9.17) is 15.6 Å². The van der Waals surface area contributed by atoms with Gasteiger partial charge in [0.1, 0.15) is 11.4 Å². The van der Waals surface area contributed by atoms with Crippen LogP contribution >= 0.6 is 0 Å². The molecule has 0 saturated heterocycles. The lowest BCUT2D eigenvalue weighted by atomic mass is 9.97. The van der Waals surface area contributed by atoms with Crippen LogP contribution in [0.5, 0.6) is 0 Å². The highest BCUT2D eigenvalue weighted by molar-refractivity contribution is 5.71. The maximum atomic E-state index is 12.3. The van der Waals surface area contributed by atoms with E-state index in [2.05, 4.69) is 10.3 Å². The number of rotatable bonds is 4. The molecular weight excluding hydrogens is 340 g/mol. The summed E-state index contributed by atoms with van der Waals surface area (Å²) in [6.45, 7) is 5.30. The second-order valence-electron chi connectivity index (χ2n) is 8.16. The Balaban J connectivity index is 1.84. The third kappa shape index (κ3) is 3.38. The summed E-state index contributed by atoms with van der Waals surface area (Å²) in [6.07, 6.45) is 2.13. The molecule has 2 aliphatic carbocycles. The molecule has 1 heterocycles. The Kier molecular flexibility index (Phi) is 4.20. The van der Waals surface area contributed by atoms with Crippen LogP contribution in [0.15, 0.2) is 17.1 Å². The van der Waals surface area contributed by atoms with Crippen LogP contribution in [0.1, 0.15) is 46.1 Å². The number of ether oxygens (including phenoxy) is 1. The molecule has 3 rings (SSSR count). The quantitative estimate of drug-likeness (QED) is 0.728. The molecule has 1 aromatic heterocycles. The molecule has 4 atom stereocenters. The molecule has 4 N–H and O–H groups in total. The lowest BCUT2D eigenvalue weighted by molar-refractivity contribution is -0.138. The SMILES string of the molecule is CC(C)(C)OC(=O)NC12CC(CC(=O)O)CC1C2n1ccc(N)nc1=O. The van der Waals surface area contributed by atoms with E-state index >= 15 is 0 Å². The molecule has 9 nitrogen and oxygen atoms in total. The van der Waals surface area contributed by atoms with Crippen LogP contribution in [0.4, 0.5) is 10.6 Å². The average molecular weight is 364 g/mol. The molecule has 4 unspecified atom stereocenters. The molecule has 0 aromatic carbocycles. The highest BCUT2D eigenvalue weighted by Gasteiger charge is 2.71. The molecule has 26 heavy (non-hydrogen) atoms. The molecule has 0 bridgehead atoms. The van der Waals surface area contributed by atoms with Crippen molar-refractivity contribution in [3.8, 4) is 0 Å². The Hall–Kier alpha value is -2.58. The lowest BCUT2D eigenvalue weighted by Crippen LogP contribution is -2.43. The van der Waals surface area contributed by atoms with Crippen molar-refractivity contribution in [2.75, 3.05) is 5.73 Å². The van der Waals surface area contributed by atoms with Gasteiger partial charge >= 0.3 is 17.8 Å². The molecule has 0 radical (unpaired) electrons. The van der Waals surface area contributed by atoms with Crippen LogP contribution in [0, 0.1) is 11.8 Å². The van der Waals surface area contributed by atoms with Crippen molar-refractivity contribution in [1.82, 2.24) is 14.9 Å². The number of aromatic nitrogens is 2. The molecule has 2 aliphatic rings. The molecule has 0 spiro atoms. The summed E-state index contributed by atoms with van der Waals surface area (Å²) >= 11 is 0. The van der Waals surface area contributed by atoms with E-state index in [1.165, 1.54) is 10.6 Å². The average Bonchev–Trinajstić information content (AvgIpc) is 2.86. The van der Waals surface area contributed by atoms with Gasteiger partial charge < -0.3 is 20.9 Å². The van der Waals surface area contributed by atoms with Gasteiger partial charge in [-0.05, 0) is 45.6 Å². The number of carbonyl (C=O) groups excluding carboxylic acids is 1. The van der Waals surface area contributed by atoms with E-state index in [0.717, 1.165) is 0 Å². The molecule has 0 aliphatic heterocycles. The zero-order chi connectivity index (χ0) is 19.3. The minimum atomic E-state index is -0.869. The molecule has 142 valence electrons. The first kappa shape index (κ1) is 18.2. The minimum Gasteiger partial charge on any atom is -0.481 e. The van der Waals surface area contributed by atoms with Crippen molar-refractivity contribution in [3.05, 3.63) is 22.7 Å². The fourth-order valence-electron chi connectivity index (χ4n) is 4.22. The van der Waals surface area contributed by atoms with Gasteiger partial charge in [-0.1, -0.05) is 0 Å². The lowest BCUT2D eigenvalue weighted by Gasteiger charge is -2.25. The number of nitrogens with two attached hydrogens (primary N) is 1. The van der Waals surface area contributed by atoms with Gasteiger partial charge in [-0.15, -0.1) is 0 Å². The van der Waals surface area contributed by atoms with Crippen molar-refractivity contribution in [1.29, 1.82) is 0 Å². The Morgan fingerprint density at radius 3 is 2.77 bits per heavy atom. The van der Waals surface area contributed by atoms with Gasteiger partial charge in [0.2, 0.25) is 0 Å². The summed E-state index contributed by atoms with van der Waals surface area (Å²) < 4.78 is 6.82. The van der Waals surface area contributed by atoms with Crippen LogP contribution < -0.4 is 16.7 Å². The number of hydrogen-bond acceptors (Lipinski definition) is 6. The van der Waals surface area contributed by atoms with Gasteiger partial charge in [0.05, 0.1) is 11.6 Å². The summed E-state index contributed by atoms with van der Waals surface area (Å²) in [7, 11) is 0. The van der Waals surface area contributed by atoms with Gasteiger partial charge in [0, 0.05) is 18.5 Å². The van der Waals surface area contributed by atoms with Gasteiger partial charge in [0.25, 0.3) is 0 Å². The highest BCUT2D eigenvalue weighted by Crippen LogP contribution is 2.65. The van der Waals surface area contributed by atoms with Gasteiger partial charge in [-0.25, -0.2) is 9.59 Å². The summed E-state index contributed by atoms with van der Waals surface area (Å²) in [4.78, 5) is 39.3. The topological polar surface area (TPSA) is 137 Å². The summed E-state index contributed by atoms with van der Waals surface area (Å²) in [5, 5.41) is 12.0. The number of nitrogen functional groups attached to an aromatic ring is 1. The first-order valence-electron chi connectivity index (χ1n) is 8.59. The molecule has 2 fully saturated rings. The van der Waals surface area contributed by atoms with E-state index in [-0.39, 0.29) is 30.1 Å². The molecule has 1 aromatic rings. The minimum absolute atomic E-state index is 0.0376. The summed E-state index contributed by atoms with van der Waals surface area (Å²) in [6, 6.07) is 1.26. The highest BCUT2D eigenvalue weighted by atomic mass is 16.6. The second-order valence-corrected chi connectivity index (χ2v) is 8.16. The number of alkyl carbamates (subject to hydrolysis) is 1. The van der Waals surface area contributed by atoms with Crippen LogP contribution in [0.25, 0.3) is 0 Å². The maximum absolute atomic E-state index is 12.3. The van der Waals surface area contributed by atoms with E-state index in [9.17, 15) is 14.4 Å². The molecular formula is C17H24N4O5. The van der Waals surface area contributed by atoms with Gasteiger partial charge in [-0.2, -0.15) is 4.98 Å². The third-order valence-corrected chi connectivity index (χ3v) is 5.02. The fraction of sp³-hybridized carbons (Fsp3) is 0.647. The van der Waals surface area contributed by atoms with Gasteiger partial charge in [0.15, 0.2) is 0 Å². The van der Waals surface area contributed by atoms with E-state index in [1.54, 1.807) is 27.0 Å². The van der Waals surface area contributed by atoms with Crippen LogP contribution in [0.3, 0.4) is 0 Å². The third-order valence-electron chi connectivity index (χ3n) is 5.02. The maximum Gasteiger partial charge on any atom is 0.408 e. The number of amides is 1. The normalized spacial score (nSPS) is 29.7. The zero-order valence-electron chi connectivity index (χ0n) is 15.1. The number of nitrogens with zero attached hydrogens (tertiary/aromatic N) is 2. The van der Waals surface area contributed by atoms with Crippen molar-refractivity contribution >= 4 is 17.9 Å². The van der Waals surface area contributed by atoms with Crippen LogP contribution in [-0.2, 0) is 9.53 Å². The van der Waals surface area contributed by atoms with E-state index in [0.29, 0.717) is 12.8 Å². The van der Waals surface area contributed by atoms with Crippen molar-refractivity contribution < 1.29 is 19.4 Å². The number of nitrogens with one attached hydrogen (secondary N) is 1. The Morgan fingerprint density at radius 2 is 2.19 bits per heavy atom. The Morgan fingerprint density at radius 1 is 1.50 bits per heavy atom. The molecule has 9 heteroatoms. The van der Waals surface area contributed by atoms with Crippen molar-refractivity contribution in [3.63, 3.8) is 0 Å². The Bertz CT molecular complexity index is 799. The van der Waals surface area contributed by atoms with Gasteiger partial charge in [-0.3, -0.25) is 9.36 Å². The largest absolute Gasteiger partial charge is 0.481 e. The summed E-state index contributed by atoms with van der Waals surface area (Å²) in [5.41, 5.74) is 3.72. The molecule has 1 amide bonds. The fourth-order valence-corrected chi connectivity index (χ4v) is 4.22. The van der Waals surface area contributed by atoms with Crippen molar-refractivity contribution in [2.45, 2.75) is 57.2 Å². The van der Waals surface area contributed by atoms with E-state index in [1.807, 2.05) is 0 Å². The second kappa shape index (κ2) is 6.00. The zero-order valence-corrected chi connectivity index (χ0v) is 15.1. The number of carboxylic acid groups (broad SMARTS) is 1. The monoisotopic (exact) mass is 364 g/mol.